The van der Waals surface area contributed by atoms with Gasteiger partial charge in [0.2, 0.25) is 0 Å². The molecule has 2 aromatic carbocycles. The van der Waals surface area contributed by atoms with Gasteiger partial charge in [-0.15, -0.1) is 0 Å². The van der Waals surface area contributed by atoms with Gasteiger partial charge >= 0.3 is 0 Å². The first-order chi connectivity index (χ1) is 9.70. The van der Waals surface area contributed by atoms with E-state index < -0.39 is 0 Å². The van der Waals surface area contributed by atoms with Gasteiger partial charge in [-0.2, -0.15) is 5.10 Å². The van der Waals surface area contributed by atoms with Gasteiger partial charge in [0.05, 0.1) is 22.4 Å². The van der Waals surface area contributed by atoms with Gasteiger partial charge in [-0.3, -0.25) is 0 Å². The average Bonchev–Trinajstić information content (AvgIpc) is 2.90. The molecule has 1 aromatic heterocycles. The molecule has 0 aliphatic carbocycles. The molecule has 0 saturated carbocycles. The van der Waals surface area contributed by atoms with E-state index in [9.17, 15) is 0 Å². The quantitative estimate of drug-likeness (QED) is 0.789. The Hall–Kier alpha value is -1.84. The summed E-state index contributed by atoms with van der Waals surface area (Å²) in [5.74, 6) is 0. The van der Waals surface area contributed by atoms with Crippen molar-refractivity contribution in [1.82, 2.24) is 15.1 Å². The van der Waals surface area contributed by atoms with Crippen molar-refractivity contribution in [1.29, 1.82) is 0 Å². The summed E-state index contributed by atoms with van der Waals surface area (Å²) >= 11 is 6.43. The molecule has 0 amide bonds. The third kappa shape index (κ3) is 2.19. The largest absolute Gasteiger partial charge is 0.313 e. The van der Waals surface area contributed by atoms with E-state index >= 15 is 0 Å². The number of aromatic nitrogens is 2. The lowest BCUT2D eigenvalue weighted by Gasteiger charge is -2.13. The Balaban J connectivity index is 2.11. The van der Waals surface area contributed by atoms with Crippen molar-refractivity contribution in [3.8, 4) is 5.69 Å². The number of nitrogens with zero attached hydrogens (tertiary/aromatic N) is 2. The zero-order valence-corrected chi connectivity index (χ0v) is 12.2. The Labute approximate surface area is 123 Å². The summed E-state index contributed by atoms with van der Waals surface area (Å²) in [7, 11) is 1.94. The predicted molar refractivity (Wildman–Crippen MR) is 83.6 cm³/mol. The maximum Gasteiger partial charge on any atom is 0.0839 e. The summed E-state index contributed by atoms with van der Waals surface area (Å²) in [6.45, 7) is 2.11. The summed E-state index contributed by atoms with van der Waals surface area (Å²) in [4.78, 5) is 0. The fourth-order valence-electron chi connectivity index (χ4n) is 2.29. The van der Waals surface area contributed by atoms with Gasteiger partial charge < -0.3 is 5.32 Å². The van der Waals surface area contributed by atoms with Crippen LogP contribution in [0.5, 0.6) is 0 Å². The third-order valence-corrected chi connectivity index (χ3v) is 3.91. The van der Waals surface area contributed by atoms with E-state index in [2.05, 4.69) is 23.4 Å². The smallest absolute Gasteiger partial charge is 0.0839 e. The van der Waals surface area contributed by atoms with Gasteiger partial charge in [-0.25, -0.2) is 4.68 Å². The Kier molecular flexibility index (Phi) is 3.47. The molecular formula is C16H16ClN3. The fourth-order valence-corrected chi connectivity index (χ4v) is 2.56. The van der Waals surface area contributed by atoms with Crippen LogP contribution >= 0.6 is 11.6 Å². The minimum absolute atomic E-state index is 0.274. The van der Waals surface area contributed by atoms with Crippen molar-refractivity contribution in [3.63, 3.8) is 0 Å². The van der Waals surface area contributed by atoms with Crippen LogP contribution in [-0.2, 0) is 0 Å². The first-order valence-corrected chi connectivity index (χ1v) is 6.98. The van der Waals surface area contributed by atoms with Gasteiger partial charge in [0.1, 0.15) is 0 Å². The standard InChI is InChI=1S/C16H16ClN3/c1-11(18-2)12-7-8-16(14(17)9-12)20-15-6-4-3-5-13(15)10-19-20/h3-11,18H,1-2H3. The predicted octanol–water partition coefficient (Wildman–Crippen LogP) is 3.96. The summed E-state index contributed by atoms with van der Waals surface area (Å²) in [5, 5.41) is 9.46. The topological polar surface area (TPSA) is 29.9 Å². The number of hydrogen-bond donors (Lipinski definition) is 1. The second kappa shape index (κ2) is 5.27. The minimum atomic E-state index is 0.274. The van der Waals surface area contributed by atoms with E-state index in [4.69, 9.17) is 11.6 Å². The van der Waals surface area contributed by atoms with Crippen LogP contribution in [0.3, 0.4) is 0 Å². The van der Waals surface area contributed by atoms with Gasteiger partial charge in [-0.1, -0.05) is 35.9 Å². The molecule has 0 saturated heterocycles. The molecule has 0 bridgehead atoms. The summed E-state index contributed by atoms with van der Waals surface area (Å²) in [5.41, 5.74) is 3.13. The Morgan fingerprint density at radius 1 is 1.20 bits per heavy atom. The second-order valence-electron chi connectivity index (χ2n) is 4.84. The van der Waals surface area contributed by atoms with E-state index in [-0.39, 0.29) is 6.04 Å². The monoisotopic (exact) mass is 285 g/mol. The van der Waals surface area contributed by atoms with Crippen LogP contribution in [0.15, 0.2) is 48.7 Å². The zero-order chi connectivity index (χ0) is 14.1. The Morgan fingerprint density at radius 3 is 2.75 bits per heavy atom. The summed E-state index contributed by atoms with van der Waals surface area (Å²) in [6, 6.07) is 14.5. The minimum Gasteiger partial charge on any atom is -0.313 e. The fraction of sp³-hybridized carbons (Fsp3) is 0.188. The summed E-state index contributed by atoms with van der Waals surface area (Å²) in [6.07, 6.45) is 1.86. The highest BCUT2D eigenvalue weighted by Crippen LogP contribution is 2.27. The Morgan fingerprint density at radius 2 is 2.00 bits per heavy atom. The number of fused-ring (bicyclic) bond motifs is 1. The van der Waals surface area contributed by atoms with E-state index in [1.54, 1.807) is 0 Å². The number of hydrogen-bond acceptors (Lipinski definition) is 2. The van der Waals surface area contributed by atoms with Gasteiger partial charge in [0.25, 0.3) is 0 Å². The van der Waals surface area contributed by atoms with Crippen molar-refractivity contribution in [3.05, 3.63) is 59.2 Å². The molecule has 0 aliphatic rings. The normalized spacial score (nSPS) is 12.8. The molecule has 4 heteroatoms. The van der Waals surface area contributed by atoms with Crippen LogP contribution in [0.4, 0.5) is 0 Å². The van der Waals surface area contributed by atoms with Gasteiger partial charge in [0.15, 0.2) is 0 Å². The lowest BCUT2D eigenvalue weighted by molar-refractivity contribution is 0.652. The van der Waals surface area contributed by atoms with Crippen molar-refractivity contribution in [2.75, 3.05) is 7.05 Å². The molecule has 1 N–H and O–H groups in total. The van der Waals surface area contributed by atoms with Crippen molar-refractivity contribution in [2.24, 2.45) is 0 Å². The number of nitrogens with one attached hydrogen (secondary N) is 1. The molecule has 0 fully saturated rings. The first kappa shape index (κ1) is 13.2. The van der Waals surface area contributed by atoms with Crippen molar-refractivity contribution in [2.45, 2.75) is 13.0 Å². The molecular weight excluding hydrogens is 270 g/mol. The molecule has 3 aromatic rings. The maximum absolute atomic E-state index is 6.43. The van der Waals surface area contributed by atoms with Crippen LogP contribution in [0, 0.1) is 0 Å². The van der Waals surface area contributed by atoms with Crippen LogP contribution in [0.2, 0.25) is 5.02 Å². The lowest BCUT2D eigenvalue weighted by atomic mass is 10.1. The molecule has 20 heavy (non-hydrogen) atoms. The molecule has 102 valence electrons. The van der Waals surface area contributed by atoms with Crippen molar-refractivity contribution < 1.29 is 0 Å². The highest BCUT2D eigenvalue weighted by Gasteiger charge is 2.10. The van der Waals surface area contributed by atoms with Crippen LogP contribution in [-0.4, -0.2) is 16.8 Å². The Bertz CT molecular complexity index is 748. The highest BCUT2D eigenvalue weighted by molar-refractivity contribution is 6.32. The maximum atomic E-state index is 6.43. The first-order valence-electron chi connectivity index (χ1n) is 6.60. The van der Waals surface area contributed by atoms with E-state index in [1.165, 1.54) is 0 Å². The second-order valence-corrected chi connectivity index (χ2v) is 5.24. The van der Waals surface area contributed by atoms with E-state index in [0.29, 0.717) is 5.02 Å². The van der Waals surface area contributed by atoms with E-state index in [0.717, 1.165) is 22.2 Å². The lowest BCUT2D eigenvalue weighted by Crippen LogP contribution is -2.12. The SMILES string of the molecule is CNC(C)c1ccc(-n2ncc3ccccc32)c(Cl)c1. The number of benzene rings is 2. The molecule has 1 atom stereocenters. The number of rotatable bonds is 3. The zero-order valence-electron chi connectivity index (χ0n) is 11.5. The van der Waals surface area contributed by atoms with Gasteiger partial charge in [-0.05, 0) is 37.7 Å². The van der Waals surface area contributed by atoms with Crippen LogP contribution < -0.4 is 5.32 Å². The van der Waals surface area contributed by atoms with Crippen LogP contribution in [0.25, 0.3) is 16.6 Å². The van der Waals surface area contributed by atoms with E-state index in [1.807, 2.05) is 54.3 Å². The molecule has 0 aliphatic heterocycles. The molecule has 1 unspecified atom stereocenters. The molecule has 3 rings (SSSR count). The van der Waals surface area contributed by atoms with Crippen molar-refractivity contribution >= 4 is 22.5 Å². The average molecular weight is 286 g/mol. The molecule has 3 nitrogen and oxygen atoms in total. The molecule has 0 spiro atoms. The highest BCUT2D eigenvalue weighted by atomic mass is 35.5. The third-order valence-electron chi connectivity index (χ3n) is 3.61. The number of para-hydroxylation sites is 1. The number of halogens is 1. The molecule has 1 heterocycles. The van der Waals surface area contributed by atoms with Crippen LogP contribution in [0.1, 0.15) is 18.5 Å². The summed E-state index contributed by atoms with van der Waals surface area (Å²) < 4.78 is 1.88. The van der Waals surface area contributed by atoms with Gasteiger partial charge in [0, 0.05) is 11.4 Å². The molecule has 0 radical (unpaired) electrons.